The molecule has 2 aliphatic rings. The van der Waals surface area contributed by atoms with Crippen LogP contribution in [0.4, 0.5) is 0 Å². The van der Waals surface area contributed by atoms with Crippen LogP contribution in [-0.4, -0.2) is 41.6 Å². The first-order valence-corrected chi connectivity index (χ1v) is 8.36. The molecule has 1 aromatic carbocycles. The molecular weight excluding hydrogens is 302 g/mol. The molecule has 2 aliphatic heterocycles. The van der Waals surface area contributed by atoms with E-state index in [4.69, 9.17) is 4.74 Å². The Balaban J connectivity index is 1.57. The normalized spacial score (nSPS) is 27.3. The van der Waals surface area contributed by atoms with Gasteiger partial charge < -0.3 is 10.1 Å². The number of hydrogen-bond acceptors (Lipinski definition) is 4. The van der Waals surface area contributed by atoms with E-state index in [0.29, 0.717) is 0 Å². The quantitative estimate of drug-likeness (QED) is 0.934. The number of nitrogens with one attached hydrogen (secondary N) is 1. The lowest BCUT2D eigenvalue weighted by Crippen LogP contribution is -2.66. The van der Waals surface area contributed by atoms with Crippen LogP contribution in [0.15, 0.2) is 54.9 Å². The Hall–Kier alpha value is -2.24. The summed E-state index contributed by atoms with van der Waals surface area (Å²) in [5.41, 5.74) is 1.91. The number of ether oxygens (including phenoxy) is 1. The van der Waals surface area contributed by atoms with E-state index in [2.05, 4.69) is 33.4 Å². The Morgan fingerprint density at radius 1 is 1.25 bits per heavy atom. The zero-order valence-corrected chi connectivity index (χ0v) is 13.5. The van der Waals surface area contributed by atoms with Crippen LogP contribution < -0.4 is 5.32 Å². The summed E-state index contributed by atoms with van der Waals surface area (Å²) in [5, 5.41) is 3.23. The Morgan fingerprint density at radius 3 is 2.92 bits per heavy atom. The fraction of sp³-hybridized carbons (Fsp3) is 0.368. The van der Waals surface area contributed by atoms with Crippen molar-refractivity contribution < 1.29 is 9.53 Å². The summed E-state index contributed by atoms with van der Waals surface area (Å²) < 4.78 is 5.95. The molecule has 2 saturated heterocycles. The highest BCUT2D eigenvalue weighted by Gasteiger charge is 2.48. The van der Waals surface area contributed by atoms with Gasteiger partial charge >= 0.3 is 0 Å². The number of likely N-dealkylation sites (tertiary alicyclic amines) is 1. The predicted octanol–water partition coefficient (Wildman–Crippen LogP) is 1.70. The van der Waals surface area contributed by atoms with Gasteiger partial charge in [-0.25, -0.2) is 0 Å². The molecule has 0 radical (unpaired) electrons. The molecular formula is C19H21N3O2. The maximum Gasteiger partial charge on any atom is 0.246 e. The van der Waals surface area contributed by atoms with Crippen molar-refractivity contribution in [3.05, 3.63) is 66.0 Å². The van der Waals surface area contributed by atoms with Crippen LogP contribution >= 0.6 is 0 Å². The number of carbonyl (C=O) groups is 1. The minimum atomic E-state index is -0.415. The van der Waals surface area contributed by atoms with Gasteiger partial charge in [0.25, 0.3) is 0 Å². The van der Waals surface area contributed by atoms with Gasteiger partial charge in [-0.15, -0.1) is 0 Å². The summed E-state index contributed by atoms with van der Waals surface area (Å²) in [6.45, 7) is 2.69. The number of fused-ring (bicyclic) bond motifs is 1. The van der Waals surface area contributed by atoms with Gasteiger partial charge in [-0.3, -0.25) is 14.7 Å². The second-order valence-corrected chi connectivity index (χ2v) is 6.53. The van der Waals surface area contributed by atoms with E-state index in [0.717, 1.165) is 31.6 Å². The van der Waals surface area contributed by atoms with Crippen molar-refractivity contribution in [1.82, 2.24) is 15.2 Å². The first kappa shape index (κ1) is 15.3. The summed E-state index contributed by atoms with van der Waals surface area (Å²) in [4.78, 5) is 18.6. The lowest BCUT2D eigenvalue weighted by molar-refractivity contribution is -0.152. The molecule has 2 atom stereocenters. The van der Waals surface area contributed by atoms with Crippen LogP contribution in [0.2, 0.25) is 0 Å². The van der Waals surface area contributed by atoms with Crippen LogP contribution in [0.3, 0.4) is 0 Å². The van der Waals surface area contributed by atoms with Gasteiger partial charge in [-0.05, 0) is 23.6 Å². The molecule has 0 bridgehead atoms. The molecule has 5 heteroatoms. The average Bonchev–Trinajstić information content (AvgIpc) is 2.63. The summed E-state index contributed by atoms with van der Waals surface area (Å²) in [6.07, 6.45) is 4.50. The van der Waals surface area contributed by atoms with Crippen molar-refractivity contribution in [1.29, 1.82) is 0 Å². The van der Waals surface area contributed by atoms with Gasteiger partial charge in [0.15, 0.2) is 0 Å². The maximum atomic E-state index is 12.0. The molecule has 2 fully saturated rings. The molecule has 0 aliphatic carbocycles. The van der Waals surface area contributed by atoms with E-state index in [1.54, 1.807) is 6.20 Å². The van der Waals surface area contributed by atoms with Crippen molar-refractivity contribution in [3.8, 4) is 0 Å². The van der Waals surface area contributed by atoms with Gasteiger partial charge in [-0.1, -0.05) is 36.4 Å². The Bertz CT molecular complexity index is 707. The molecule has 24 heavy (non-hydrogen) atoms. The first-order chi connectivity index (χ1) is 11.8. The topological polar surface area (TPSA) is 54.5 Å². The lowest BCUT2D eigenvalue weighted by atomic mass is 9.77. The zero-order chi connectivity index (χ0) is 16.4. The van der Waals surface area contributed by atoms with Crippen molar-refractivity contribution in [2.45, 2.75) is 24.6 Å². The zero-order valence-electron chi connectivity index (χ0n) is 13.5. The number of carbonyl (C=O) groups excluding carboxylic acids is 1. The van der Waals surface area contributed by atoms with Crippen molar-refractivity contribution in [2.75, 3.05) is 19.7 Å². The standard InChI is InChI=1S/C19H21N3O2/c23-18-14-24-17-13-22(12-15-5-4-9-20-11-15)10-8-19(17,21-18)16-6-2-1-3-7-16/h1-7,9,11,17H,8,10,12-14H2,(H,21,23)/t17-,19+/m1/s1. The number of hydrogen-bond donors (Lipinski definition) is 1. The molecule has 0 unspecified atom stereocenters. The number of morpholine rings is 1. The molecule has 5 nitrogen and oxygen atoms in total. The molecule has 4 rings (SSSR count). The Labute approximate surface area is 141 Å². The minimum absolute atomic E-state index is 0.0317. The Morgan fingerprint density at radius 2 is 2.12 bits per heavy atom. The van der Waals surface area contributed by atoms with E-state index in [9.17, 15) is 4.79 Å². The third kappa shape index (κ3) is 2.81. The average molecular weight is 323 g/mol. The van der Waals surface area contributed by atoms with E-state index < -0.39 is 5.54 Å². The fourth-order valence-corrected chi connectivity index (χ4v) is 3.81. The van der Waals surface area contributed by atoms with Crippen molar-refractivity contribution >= 4 is 5.91 Å². The lowest BCUT2D eigenvalue weighted by Gasteiger charge is -2.50. The molecule has 1 aromatic heterocycles. The van der Waals surface area contributed by atoms with Crippen LogP contribution in [0.5, 0.6) is 0 Å². The number of aromatic nitrogens is 1. The smallest absolute Gasteiger partial charge is 0.246 e. The maximum absolute atomic E-state index is 12.0. The molecule has 1 N–H and O–H groups in total. The van der Waals surface area contributed by atoms with Crippen LogP contribution in [0.1, 0.15) is 17.5 Å². The third-order valence-electron chi connectivity index (χ3n) is 4.99. The van der Waals surface area contributed by atoms with Crippen LogP contribution in [-0.2, 0) is 21.6 Å². The SMILES string of the molecule is O=C1CO[C@@H]2CN(Cc3cccnc3)CC[C@@]2(c2ccccc2)N1. The van der Waals surface area contributed by atoms with Gasteiger partial charge in [0.1, 0.15) is 6.61 Å². The first-order valence-electron chi connectivity index (χ1n) is 8.36. The number of piperidine rings is 1. The number of nitrogens with zero attached hydrogens (tertiary/aromatic N) is 2. The Kier molecular flexibility index (Phi) is 4.04. The summed E-state index contributed by atoms with van der Waals surface area (Å²) in [6, 6.07) is 14.3. The van der Waals surface area contributed by atoms with Gasteiger partial charge in [-0.2, -0.15) is 0 Å². The largest absolute Gasteiger partial charge is 0.364 e. The minimum Gasteiger partial charge on any atom is -0.364 e. The van der Waals surface area contributed by atoms with Gasteiger partial charge in [0.05, 0.1) is 11.6 Å². The highest BCUT2D eigenvalue weighted by molar-refractivity contribution is 5.79. The third-order valence-corrected chi connectivity index (χ3v) is 4.99. The summed E-state index contributed by atoms with van der Waals surface area (Å²) in [5.74, 6) is -0.0317. The number of amides is 1. The fourth-order valence-electron chi connectivity index (χ4n) is 3.81. The molecule has 0 spiro atoms. The second-order valence-electron chi connectivity index (χ2n) is 6.53. The predicted molar refractivity (Wildman–Crippen MR) is 90.1 cm³/mol. The summed E-state index contributed by atoms with van der Waals surface area (Å²) >= 11 is 0. The van der Waals surface area contributed by atoms with Crippen LogP contribution in [0.25, 0.3) is 0 Å². The van der Waals surface area contributed by atoms with Crippen LogP contribution in [0, 0.1) is 0 Å². The van der Waals surface area contributed by atoms with Gasteiger partial charge in [0, 0.05) is 32.0 Å². The highest BCUT2D eigenvalue weighted by atomic mass is 16.5. The van der Waals surface area contributed by atoms with Gasteiger partial charge in [0.2, 0.25) is 5.91 Å². The number of pyridine rings is 1. The monoisotopic (exact) mass is 323 g/mol. The molecule has 1 amide bonds. The second kappa shape index (κ2) is 6.34. The molecule has 2 aromatic rings. The molecule has 3 heterocycles. The van der Waals surface area contributed by atoms with E-state index in [1.807, 2.05) is 30.5 Å². The van der Waals surface area contributed by atoms with E-state index in [1.165, 1.54) is 5.56 Å². The van der Waals surface area contributed by atoms with E-state index in [-0.39, 0.29) is 18.6 Å². The van der Waals surface area contributed by atoms with E-state index >= 15 is 0 Å². The van der Waals surface area contributed by atoms with Crippen molar-refractivity contribution in [3.63, 3.8) is 0 Å². The number of benzene rings is 1. The highest BCUT2D eigenvalue weighted by Crippen LogP contribution is 2.37. The summed E-state index contributed by atoms with van der Waals surface area (Å²) in [7, 11) is 0. The number of rotatable bonds is 3. The van der Waals surface area contributed by atoms with Crippen molar-refractivity contribution in [2.24, 2.45) is 0 Å². The molecule has 124 valence electrons. The molecule has 0 saturated carbocycles.